The van der Waals surface area contributed by atoms with E-state index in [2.05, 4.69) is 88.5 Å². The van der Waals surface area contributed by atoms with Crippen LogP contribution in [0, 0.1) is 27.7 Å². The topological polar surface area (TPSA) is 26.5 Å². The number of anilines is 1. The predicted molar refractivity (Wildman–Crippen MR) is 110 cm³/mol. The van der Waals surface area contributed by atoms with Crippen molar-refractivity contribution in [1.29, 1.82) is 0 Å². The van der Waals surface area contributed by atoms with Gasteiger partial charge in [0.25, 0.3) is 0 Å². The first-order chi connectivity index (χ1) is 12.1. The maximum Gasteiger partial charge on any atom is 0.244 e. The van der Waals surface area contributed by atoms with Crippen molar-refractivity contribution in [2.24, 2.45) is 0 Å². The standard InChI is InChI=1S/C23H30N2O.ClH/c1-15-10-17(3)21(18(4)11-15)25-9-8-24(14-25)20-13-16(2)12-19(22(20)26)23(5,6)7;/h10-14H,8-9H2,1-7H3;1H. The molecule has 146 valence electrons. The maximum atomic E-state index is 10.9. The number of aryl methyl sites for hydroxylation is 4. The summed E-state index contributed by atoms with van der Waals surface area (Å²) < 4.78 is 2.31. The summed E-state index contributed by atoms with van der Waals surface area (Å²) in [6, 6.07) is 8.65. The lowest BCUT2D eigenvalue weighted by Crippen LogP contribution is -3.00. The summed E-state index contributed by atoms with van der Waals surface area (Å²) >= 11 is 0. The lowest BCUT2D eigenvalue weighted by atomic mass is 9.85. The van der Waals surface area contributed by atoms with Gasteiger partial charge in [-0.15, -0.1) is 0 Å². The summed E-state index contributed by atoms with van der Waals surface area (Å²) in [5, 5.41) is 10.9. The molecule has 0 bridgehead atoms. The quantitative estimate of drug-likeness (QED) is 0.800. The van der Waals surface area contributed by atoms with E-state index in [-0.39, 0.29) is 17.8 Å². The van der Waals surface area contributed by atoms with E-state index in [0.29, 0.717) is 5.75 Å². The molecule has 2 aromatic rings. The molecule has 4 heteroatoms. The van der Waals surface area contributed by atoms with Crippen LogP contribution in [0.25, 0.3) is 0 Å². The van der Waals surface area contributed by atoms with Gasteiger partial charge in [0.1, 0.15) is 18.8 Å². The molecule has 0 amide bonds. The van der Waals surface area contributed by atoms with E-state index in [0.717, 1.165) is 24.3 Å². The van der Waals surface area contributed by atoms with Crippen molar-refractivity contribution >= 4 is 17.7 Å². The van der Waals surface area contributed by atoms with E-state index in [4.69, 9.17) is 0 Å². The van der Waals surface area contributed by atoms with Gasteiger partial charge in [-0.05, 0) is 55.9 Å². The Bertz CT molecular complexity index is 871. The fraction of sp³-hybridized carbons (Fsp3) is 0.435. The molecular formula is C23H31ClN2O. The van der Waals surface area contributed by atoms with Crippen molar-refractivity contribution in [3.05, 3.63) is 52.1 Å². The van der Waals surface area contributed by atoms with Gasteiger partial charge in [0.15, 0.2) is 11.4 Å². The van der Waals surface area contributed by atoms with Crippen LogP contribution < -0.4 is 17.3 Å². The molecule has 1 aliphatic rings. The average Bonchev–Trinajstić information content (AvgIpc) is 2.96. The lowest BCUT2D eigenvalue weighted by Gasteiger charge is -2.23. The van der Waals surface area contributed by atoms with Crippen LogP contribution in [0.15, 0.2) is 24.3 Å². The molecule has 0 aromatic heterocycles. The Balaban J connectivity index is 0.00000261. The van der Waals surface area contributed by atoms with Crippen molar-refractivity contribution in [3.8, 4) is 5.75 Å². The molecule has 3 nitrogen and oxygen atoms in total. The number of benzene rings is 2. The SMILES string of the molecule is Cc1cc(C)c([N+]2=CN(c3cc(C)cc(C(C)(C)C)c3O)CC2)c(C)c1.[Cl-]. The largest absolute Gasteiger partial charge is 1.00 e. The number of nitrogens with zero attached hydrogens (tertiary/aromatic N) is 2. The zero-order valence-electron chi connectivity index (χ0n) is 17.5. The molecule has 1 heterocycles. The van der Waals surface area contributed by atoms with Crippen LogP contribution in [0.2, 0.25) is 0 Å². The monoisotopic (exact) mass is 386 g/mol. The Morgan fingerprint density at radius 1 is 0.926 bits per heavy atom. The molecule has 0 saturated heterocycles. The molecule has 0 saturated carbocycles. The number of phenols is 1. The summed E-state index contributed by atoms with van der Waals surface area (Å²) in [6.45, 7) is 16.8. The Kier molecular flexibility index (Phi) is 5.96. The van der Waals surface area contributed by atoms with Gasteiger partial charge in [-0.25, -0.2) is 9.48 Å². The molecule has 0 aliphatic carbocycles. The molecule has 3 rings (SSSR count). The number of rotatable bonds is 2. The molecule has 1 N–H and O–H groups in total. The number of hydrogen-bond donors (Lipinski definition) is 1. The van der Waals surface area contributed by atoms with Crippen LogP contribution in [0.5, 0.6) is 5.75 Å². The fourth-order valence-corrected chi connectivity index (χ4v) is 4.03. The number of hydrogen-bond acceptors (Lipinski definition) is 2. The van der Waals surface area contributed by atoms with Crippen LogP contribution in [0.4, 0.5) is 11.4 Å². The van der Waals surface area contributed by atoms with Crippen LogP contribution in [0.3, 0.4) is 0 Å². The molecule has 0 atom stereocenters. The van der Waals surface area contributed by atoms with Crippen LogP contribution in [0.1, 0.15) is 48.6 Å². The Morgan fingerprint density at radius 2 is 1.48 bits per heavy atom. The summed E-state index contributed by atoms with van der Waals surface area (Å²) in [5.74, 6) is 0.401. The minimum Gasteiger partial charge on any atom is -1.00 e. The Morgan fingerprint density at radius 3 is 2.04 bits per heavy atom. The lowest BCUT2D eigenvalue weighted by molar-refractivity contribution is -0.425. The van der Waals surface area contributed by atoms with Gasteiger partial charge in [-0.1, -0.05) is 44.5 Å². The summed E-state index contributed by atoms with van der Waals surface area (Å²) in [5.41, 5.74) is 8.16. The number of aromatic hydroxyl groups is 1. The van der Waals surface area contributed by atoms with Gasteiger partial charge < -0.3 is 17.5 Å². The minimum atomic E-state index is -0.0889. The van der Waals surface area contributed by atoms with Crippen LogP contribution in [-0.2, 0) is 5.41 Å². The average molecular weight is 387 g/mol. The third kappa shape index (κ3) is 4.14. The first-order valence-electron chi connectivity index (χ1n) is 9.38. The van der Waals surface area contributed by atoms with Gasteiger partial charge in [-0.2, -0.15) is 0 Å². The van der Waals surface area contributed by atoms with E-state index in [1.165, 1.54) is 27.9 Å². The van der Waals surface area contributed by atoms with Gasteiger partial charge in [0.2, 0.25) is 6.34 Å². The van der Waals surface area contributed by atoms with Crippen molar-refractivity contribution in [3.63, 3.8) is 0 Å². The molecule has 2 aromatic carbocycles. The fourth-order valence-electron chi connectivity index (χ4n) is 4.03. The summed E-state index contributed by atoms with van der Waals surface area (Å²) in [4.78, 5) is 2.18. The Labute approximate surface area is 169 Å². The van der Waals surface area contributed by atoms with Crippen molar-refractivity contribution in [1.82, 2.24) is 0 Å². The number of phenolic OH excluding ortho intramolecular Hbond substituents is 1. The van der Waals surface area contributed by atoms with E-state index in [9.17, 15) is 5.11 Å². The van der Waals surface area contributed by atoms with Crippen molar-refractivity contribution in [2.75, 3.05) is 18.0 Å². The van der Waals surface area contributed by atoms with Crippen molar-refractivity contribution < 1.29 is 22.1 Å². The van der Waals surface area contributed by atoms with Crippen LogP contribution >= 0.6 is 0 Å². The van der Waals surface area contributed by atoms with Crippen LogP contribution in [-0.4, -0.2) is 29.1 Å². The zero-order chi connectivity index (χ0) is 19.2. The zero-order valence-corrected chi connectivity index (χ0v) is 18.3. The second-order valence-electron chi connectivity index (χ2n) is 8.68. The van der Waals surface area contributed by atoms with Crippen molar-refractivity contribution in [2.45, 2.75) is 53.9 Å². The summed E-state index contributed by atoms with van der Waals surface area (Å²) in [6.07, 6.45) is 2.14. The van der Waals surface area contributed by atoms with E-state index >= 15 is 0 Å². The van der Waals surface area contributed by atoms with Gasteiger partial charge in [0, 0.05) is 5.56 Å². The molecule has 1 aliphatic heterocycles. The molecule has 0 unspecified atom stereocenters. The molecule has 0 spiro atoms. The van der Waals surface area contributed by atoms with Gasteiger partial charge >= 0.3 is 0 Å². The second-order valence-corrected chi connectivity index (χ2v) is 8.68. The van der Waals surface area contributed by atoms with E-state index < -0.39 is 0 Å². The first-order valence-corrected chi connectivity index (χ1v) is 9.38. The summed E-state index contributed by atoms with van der Waals surface area (Å²) in [7, 11) is 0. The molecule has 0 radical (unpaired) electrons. The predicted octanol–water partition coefficient (Wildman–Crippen LogP) is 2.12. The molecule has 0 fully saturated rings. The molecular weight excluding hydrogens is 356 g/mol. The second kappa shape index (κ2) is 7.55. The highest BCUT2D eigenvalue weighted by Gasteiger charge is 2.30. The third-order valence-corrected chi connectivity index (χ3v) is 5.13. The van der Waals surface area contributed by atoms with Gasteiger partial charge in [0.05, 0.1) is 0 Å². The molecule has 27 heavy (non-hydrogen) atoms. The number of halogens is 1. The highest BCUT2D eigenvalue weighted by atomic mass is 35.5. The van der Waals surface area contributed by atoms with Gasteiger partial charge in [-0.3, -0.25) is 0 Å². The highest BCUT2D eigenvalue weighted by molar-refractivity contribution is 5.82. The minimum absolute atomic E-state index is 0. The smallest absolute Gasteiger partial charge is 0.244 e. The third-order valence-electron chi connectivity index (χ3n) is 5.13. The highest BCUT2D eigenvalue weighted by Crippen LogP contribution is 2.39. The maximum absolute atomic E-state index is 10.9. The normalized spacial score (nSPS) is 14.2. The van der Waals surface area contributed by atoms with E-state index in [1.54, 1.807) is 0 Å². The first kappa shape index (κ1) is 21.3. The van der Waals surface area contributed by atoms with E-state index in [1.807, 2.05) is 0 Å². The Hall–Kier alpha value is -2.00.